The van der Waals surface area contributed by atoms with Gasteiger partial charge in [0.2, 0.25) is 0 Å². The zero-order valence-electron chi connectivity index (χ0n) is 11.8. The van der Waals surface area contributed by atoms with E-state index in [0.29, 0.717) is 6.04 Å². The summed E-state index contributed by atoms with van der Waals surface area (Å²) in [6.07, 6.45) is 6.37. The lowest BCUT2D eigenvalue weighted by molar-refractivity contribution is 0.443. The molecule has 1 saturated carbocycles. The lowest BCUT2D eigenvalue weighted by Crippen LogP contribution is -2.27. The van der Waals surface area contributed by atoms with Gasteiger partial charge in [-0.15, -0.1) is 17.0 Å². The smallest absolute Gasteiger partial charge is 0.177 e. The number of thioether (sulfide) groups is 1. The van der Waals surface area contributed by atoms with Crippen molar-refractivity contribution in [2.24, 2.45) is 10.1 Å². The molecule has 4 nitrogen and oxygen atoms in total. The van der Waals surface area contributed by atoms with E-state index in [2.05, 4.69) is 10.5 Å². The molecule has 0 spiro atoms. The summed E-state index contributed by atoms with van der Waals surface area (Å²) >= 11 is 1.71. The normalized spacial score (nSPS) is 21.3. The standard InChI is InChI=1S/C15H19N3OS.BrH/c19-13-8-6-11(7-9-13)14-10-20-15(18-17-14)16-12-4-2-1-3-5-12;/h6-9,12,19H,1-5,10H2,(H,16,18);1H. The van der Waals surface area contributed by atoms with E-state index < -0.39 is 0 Å². The number of rotatable bonds is 2. The van der Waals surface area contributed by atoms with Crippen LogP contribution in [0.5, 0.6) is 5.75 Å². The molecule has 1 aliphatic heterocycles. The molecule has 21 heavy (non-hydrogen) atoms. The topological polar surface area (TPSA) is 57.0 Å². The highest BCUT2D eigenvalue weighted by atomic mass is 79.9. The Morgan fingerprint density at radius 2 is 1.86 bits per heavy atom. The second-order valence-electron chi connectivity index (χ2n) is 5.23. The van der Waals surface area contributed by atoms with Crippen molar-refractivity contribution in [1.29, 1.82) is 0 Å². The first-order chi connectivity index (χ1) is 9.81. The van der Waals surface area contributed by atoms with E-state index in [0.717, 1.165) is 22.2 Å². The van der Waals surface area contributed by atoms with Gasteiger partial charge in [0.1, 0.15) is 5.75 Å². The predicted molar refractivity (Wildman–Crippen MR) is 94.9 cm³/mol. The van der Waals surface area contributed by atoms with Gasteiger partial charge in [-0.05, 0) is 42.7 Å². The number of phenolic OH excluding ortho intramolecular Hbond substituents is 1. The number of benzene rings is 1. The molecule has 1 heterocycles. The van der Waals surface area contributed by atoms with Gasteiger partial charge in [-0.2, -0.15) is 5.10 Å². The summed E-state index contributed by atoms with van der Waals surface area (Å²) in [4.78, 5) is 4.76. The van der Waals surface area contributed by atoms with Crippen LogP contribution in [-0.2, 0) is 0 Å². The molecule has 0 saturated heterocycles. The summed E-state index contributed by atoms with van der Waals surface area (Å²) in [6.45, 7) is 0. The predicted octanol–water partition coefficient (Wildman–Crippen LogP) is 3.70. The Bertz CT molecular complexity index is 524. The monoisotopic (exact) mass is 369 g/mol. The highest BCUT2D eigenvalue weighted by molar-refractivity contribution is 8.93. The third-order valence-electron chi connectivity index (χ3n) is 3.71. The Morgan fingerprint density at radius 3 is 2.48 bits per heavy atom. The van der Waals surface area contributed by atoms with Gasteiger partial charge in [-0.3, -0.25) is 10.4 Å². The summed E-state index contributed by atoms with van der Waals surface area (Å²) in [5.74, 6) is 1.11. The molecule has 3 rings (SSSR count). The number of phenols is 1. The van der Waals surface area contributed by atoms with E-state index in [4.69, 9.17) is 4.99 Å². The first-order valence-corrected chi connectivity index (χ1v) is 8.12. The largest absolute Gasteiger partial charge is 0.508 e. The van der Waals surface area contributed by atoms with Crippen molar-refractivity contribution in [2.75, 3.05) is 5.75 Å². The fourth-order valence-electron chi connectivity index (χ4n) is 2.56. The van der Waals surface area contributed by atoms with Gasteiger partial charge in [0.25, 0.3) is 0 Å². The number of hydrazone groups is 1. The number of aromatic hydroxyl groups is 1. The van der Waals surface area contributed by atoms with Crippen LogP contribution in [0.2, 0.25) is 0 Å². The number of nitrogens with zero attached hydrogens (tertiary/aromatic N) is 2. The SMILES string of the molecule is Br.Oc1ccc(C2=NNC(=NC3CCCCC3)SC2)cc1. The maximum atomic E-state index is 9.30. The van der Waals surface area contributed by atoms with E-state index in [9.17, 15) is 5.11 Å². The van der Waals surface area contributed by atoms with Crippen molar-refractivity contribution in [1.82, 2.24) is 5.43 Å². The maximum absolute atomic E-state index is 9.30. The third-order valence-corrected chi connectivity index (χ3v) is 4.60. The number of nitrogens with one attached hydrogen (secondary N) is 1. The fraction of sp³-hybridized carbons (Fsp3) is 0.467. The summed E-state index contributed by atoms with van der Waals surface area (Å²) in [7, 11) is 0. The molecule has 1 aliphatic carbocycles. The minimum atomic E-state index is 0. The lowest BCUT2D eigenvalue weighted by atomic mass is 9.96. The molecule has 0 unspecified atom stereocenters. The highest BCUT2D eigenvalue weighted by Gasteiger charge is 2.17. The second kappa shape index (κ2) is 7.84. The molecule has 2 aliphatic rings. The summed E-state index contributed by atoms with van der Waals surface area (Å²) in [5.41, 5.74) is 5.11. The first kappa shape index (κ1) is 16.4. The average molecular weight is 370 g/mol. The molecule has 1 fully saturated rings. The van der Waals surface area contributed by atoms with Crippen molar-refractivity contribution in [3.8, 4) is 5.75 Å². The number of hydrogen-bond acceptors (Lipinski definition) is 4. The molecule has 0 amide bonds. The van der Waals surface area contributed by atoms with E-state index in [-0.39, 0.29) is 22.7 Å². The molecular formula is C15H20BrN3OS. The molecule has 0 atom stereocenters. The second-order valence-corrected chi connectivity index (χ2v) is 6.20. The molecular weight excluding hydrogens is 350 g/mol. The van der Waals surface area contributed by atoms with Crippen LogP contribution < -0.4 is 5.43 Å². The van der Waals surface area contributed by atoms with Crippen molar-refractivity contribution >= 4 is 39.6 Å². The fourth-order valence-corrected chi connectivity index (χ4v) is 3.40. The van der Waals surface area contributed by atoms with Crippen LogP contribution in [0.1, 0.15) is 37.7 Å². The average Bonchev–Trinajstić information content (AvgIpc) is 2.50. The van der Waals surface area contributed by atoms with Crippen molar-refractivity contribution < 1.29 is 5.11 Å². The lowest BCUT2D eigenvalue weighted by Gasteiger charge is -2.21. The van der Waals surface area contributed by atoms with Gasteiger partial charge < -0.3 is 5.11 Å². The summed E-state index contributed by atoms with van der Waals surface area (Å²) in [5, 5.41) is 14.7. The number of halogens is 1. The van der Waals surface area contributed by atoms with Crippen LogP contribution in [0.3, 0.4) is 0 Å². The van der Waals surface area contributed by atoms with Gasteiger partial charge in [0.15, 0.2) is 5.17 Å². The molecule has 1 aromatic carbocycles. The van der Waals surface area contributed by atoms with E-state index in [1.807, 2.05) is 12.1 Å². The molecule has 114 valence electrons. The van der Waals surface area contributed by atoms with Crippen LogP contribution in [0.25, 0.3) is 0 Å². The first-order valence-electron chi connectivity index (χ1n) is 7.14. The quantitative estimate of drug-likeness (QED) is 0.835. The van der Waals surface area contributed by atoms with Gasteiger partial charge in [0.05, 0.1) is 11.8 Å². The zero-order valence-corrected chi connectivity index (χ0v) is 14.3. The Kier molecular flexibility index (Phi) is 6.11. The summed E-state index contributed by atoms with van der Waals surface area (Å²) < 4.78 is 0. The molecule has 6 heteroatoms. The van der Waals surface area contributed by atoms with Gasteiger partial charge in [-0.25, -0.2) is 0 Å². The van der Waals surface area contributed by atoms with Crippen molar-refractivity contribution in [2.45, 2.75) is 38.1 Å². The third kappa shape index (κ3) is 4.48. The number of hydrogen-bond donors (Lipinski definition) is 2. The molecule has 0 radical (unpaired) electrons. The Labute approximate surface area is 139 Å². The molecule has 1 aromatic rings. The molecule has 0 aromatic heterocycles. The van der Waals surface area contributed by atoms with Crippen LogP contribution >= 0.6 is 28.7 Å². The zero-order chi connectivity index (χ0) is 13.8. The minimum Gasteiger partial charge on any atom is -0.508 e. The Balaban J connectivity index is 0.00000161. The Hall–Kier alpha value is -1.01. The maximum Gasteiger partial charge on any atom is 0.177 e. The Morgan fingerprint density at radius 1 is 1.14 bits per heavy atom. The minimum absolute atomic E-state index is 0. The van der Waals surface area contributed by atoms with Crippen LogP contribution in [-0.4, -0.2) is 27.8 Å². The molecule has 2 N–H and O–H groups in total. The molecule has 0 bridgehead atoms. The van der Waals surface area contributed by atoms with Crippen LogP contribution in [0.4, 0.5) is 0 Å². The van der Waals surface area contributed by atoms with Crippen molar-refractivity contribution in [3.63, 3.8) is 0 Å². The van der Waals surface area contributed by atoms with E-state index >= 15 is 0 Å². The van der Waals surface area contributed by atoms with Gasteiger partial charge in [0, 0.05) is 5.75 Å². The number of amidine groups is 1. The van der Waals surface area contributed by atoms with E-state index in [1.54, 1.807) is 23.9 Å². The summed E-state index contributed by atoms with van der Waals surface area (Å²) in [6, 6.07) is 7.63. The van der Waals surface area contributed by atoms with E-state index in [1.165, 1.54) is 32.1 Å². The van der Waals surface area contributed by atoms with Crippen molar-refractivity contribution in [3.05, 3.63) is 29.8 Å². The van der Waals surface area contributed by atoms with Crippen LogP contribution in [0.15, 0.2) is 34.4 Å². The van der Waals surface area contributed by atoms with Gasteiger partial charge in [-0.1, -0.05) is 31.0 Å². The van der Waals surface area contributed by atoms with Crippen LogP contribution in [0, 0.1) is 0 Å². The highest BCUT2D eigenvalue weighted by Crippen LogP contribution is 2.22. The van der Waals surface area contributed by atoms with Gasteiger partial charge >= 0.3 is 0 Å². The number of aliphatic imine (C=N–C) groups is 1.